The van der Waals surface area contributed by atoms with Crippen LogP contribution in [0.4, 0.5) is 0 Å². The van der Waals surface area contributed by atoms with E-state index in [0.29, 0.717) is 0 Å². The van der Waals surface area contributed by atoms with Gasteiger partial charge in [-0.3, -0.25) is 4.79 Å². The number of hydrogen-bond donors (Lipinski definition) is 1. The molecule has 1 aliphatic carbocycles. The molecule has 0 saturated heterocycles. The van der Waals surface area contributed by atoms with Crippen molar-refractivity contribution < 1.29 is 14.6 Å². The molecule has 0 aromatic rings. The Morgan fingerprint density at radius 3 is 2.41 bits per heavy atom. The number of carbonyl (C=O) groups excluding carboxylic acids is 1. The molecule has 0 spiro atoms. The van der Waals surface area contributed by atoms with Crippen LogP contribution >= 0.6 is 0 Å². The Kier molecular flexibility index (Phi) is 4.59. The number of aliphatic hydroxyl groups is 1. The van der Waals surface area contributed by atoms with Crippen LogP contribution in [-0.2, 0) is 9.53 Å². The van der Waals surface area contributed by atoms with Crippen LogP contribution in [-0.4, -0.2) is 23.3 Å². The van der Waals surface area contributed by atoms with E-state index >= 15 is 0 Å². The minimum atomic E-state index is -0.855. The van der Waals surface area contributed by atoms with Crippen molar-refractivity contribution in [2.45, 2.75) is 58.5 Å². The summed E-state index contributed by atoms with van der Waals surface area (Å²) in [5.74, 6) is 5.33. The van der Waals surface area contributed by atoms with Gasteiger partial charge in [0, 0.05) is 0 Å². The van der Waals surface area contributed by atoms with Crippen molar-refractivity contribution in [3.8, 4) is 11.8 Å². The third kappa shape index (κ3) is 4.79. The smallest absolute Gasteiger partial charge is 0.312 e. The lowest BCUT2D eigenvalue weighted by atomic mass is 9.85. The Labute approximate surface area is 104 Å². The van der Waals surface area contributed by atoms with E-state index < -0.39 is 11.0 Å². The minimum absolute atomic E-state index is 0.0679. The predicted molar refractivity (Wildman–Crippen MR) is 66.2 cm³/mol. The van der Waals surface area contributed by atoms with Crippen molar-refractivity contribution >= 4 is 5.97 Å². The zero-order valence-corrected chi connectivity index (χ0v) is 11.0. The van der Waals surface area contributed by atoms with Gasteiger partial charge in [-0.1, -0.05) is 18.3 Å². The second-order valence-corrected chi connectivity index (χ2v) is 5.72. The Bertz CT molecular complexity index is 322. The maximum atomic E-state index is 11.4. The zero-order chi connectivity index (χ0) is 12.9. The number of esters is 1. The normalized spacial score (nSPS) is 19.1. The summed E-state index contributed by atoms with van der Waals surface area (Å²) in [6, 6.07) is 0. The molecule has 96 valence electrons. The molecule has 0 atom stereocenters. The summed E-state index contributed by atoms with van der Waals surface area (Å²) in [6.45, 7) is 5.48. The Morgan fingerprint density at radius 1 is 1.29 bits per heavy atom. The van der Waals surface area contributed by atoms with E-state index in [9.17, 15) is 9.90 Å². The molecule has 3 heteroatoms. The Balaban J connectivity index is 2.38. The highest BCUT2D eigenvalue weighted by atomic mass is 16.5. The van der Waals surface area contributed by atoms with Gasteiger partial charge < -0.3 is 9.84 Å². The van der Waals surface area contributed by atoms with Crippen LogP contribution in [0.2, 0.25) is 0 Å². The number of ether oxygens (including phenoxy) is 1. The molecule has 1 rings (SSSR count). The number of carbonyl (C=O) groups is 1. The first-order chi connectivity index (χ1) is 7.83. The third-order valence-electron chi connectivity index (χ3n) is 2.89. The molecule has 0 bridgehead atoms. The van der Waals surface area contributed by atoms with Crippen molar-refractivity contribution in [1.82, 2.24) is 0 Å². The molecule has 0 aromatic heterocycles. The van der Waals surface area contributed by atoms with Gasteiger partial charge in [0.15, 0.2) is 6.61 Å². The summed E-state index contributed by atoms with van der Waals surface area (Å²) >= 11 is 0. The van der Waals surface area contributed by atoms with Gasteiger partial charge in [0.2, 0.25) is 0 Å². The van der Waals surface area contributed by atoms with Crippen LogP contribution in [0.1, 0.15) is 52.9 Å². The lowest BCUT2D eigenvalue weighted by Crippen LogP contribution is -2.29. The van der Waals surface area contributed by atoms with Gasteiger partial charge in [0.1, 0.15) is 5.60 Å². The summed E-state index contributed by atoms with van der Waals surface area (Å²) in [5, 5.41) is 10.1. The van der Waals surface area contributed by atoms with Gasteiger partial charge in [-0.05, 0) is 46.5 Å². The lowest BCUT2D eigenvalue weighted by molar-refractivity contribution is -0.151. The van der Waals surface area contributed by atoms with E-state index in [1.165, 1.54) is 6.42 Å². The average molecular weight is 238 g/mol. The highest BCUT2D eigenvalue weighted by Gasteiger charge is 2.26. The van der Waals surface area contributed by atoms with E-state index in [2.05, 4.69) is 11.8 Å². The quantitative estimate of drug-likeness (QED) is 0.563. The van der Waals surface area contributed by atoms with E-state index in [-0.39, 0.29) is 12.6 Å². The van der Waals surface area contributed by atoms with Gasteiger partial charge in [-0.15, -0.1) is 0 Å². The standard InChI is InChI=1S/C14H22O3/c1-13(2,3)12(15)17-11-7-10-14(16)8-5-4-6-9-14/h16H,4-6,8-9,11H2,1-3H3. The van der Waals surface area contributed by atoms with Crippen molar-refractivity contribution in [2.75, 3.05) is 6.61 Å². The van der Waals surface area contributed by atoms with Gasteiger partial charge in [0.25, 0.3) is 0 Å². The van der Waals surface area contributed by atoms with E-state index in [0.717, 1.165) is 25.7 Å². The molecular weight excluding hydrogens is 216 g/mol. The number of hydrogen-bond acceptors (Lipinski definition) is 3. The van der Waals surface area contributed by atoms with Gasteiger partial charge in [-0.25, -0.2) is 0 Å². The zero-order valence-electron chi connectivity index (χ0n) is 11.0. The summed E-state index contributed by atoms with van der Waals surface area (Å²) in [6.07, 6.45) is 4.67. The molecule has 0 heterocycles. The molecule has 0 radical (unpaired) electrons. The molecule has 3 nitrogen and oxygen atoms in total. The fourth-order valence-corrected chi connectivity index (χ4v) is 1.78. The fourth-order valence-electron chi connectivity index (χ4n) is 1.78. The first-order valence-corrected chi connectivity index (χ1v) is 6.23. The highest BCUT2D eigenvalue weighted by molar-refractivity contribution is 5.75. The van der Waals surface area contributed by atoms with Crippen LogP contribution < -0.4 is 0 Å². The van der Waals surface area contributed by atoms with E-state index in [1.807, 2.05) is 0 Å². The summed E-state index contributed by atoms with van der Waals surface area (Å²) < 4.78 is 5.02. The fraction of sp³-hybridized carbons (Fsp3) is 0.786. The van der Waals surface area contributed by atoms with Crippen molar-refractivity contribution in [3.63, 3.8) is 0 Å². The molecule has 0 aromatic carbocycles. The molecule has 1 aliphatic rings. The summed E-state index contributed by atoms with van der Waals surface area (Å²) in [5.41, 5.74) is -1.35. The first kappa shape index (κ1) is 14.1. The largest absolute Gasteiger partial charge is 0.452 e. The van der Waals surface area contributed by atoms with Crippen molar-refractivity contribution in [2.24, 2.45) is 5.41 Å². The van der Waals surface area contributed by atoms with Gasteiger partial charge in [-0.2, -0.15) is 0 Å². The topological polar surface area (TPSA) is 46.5 Å². The SMILES string of the molecule is CC(C)(C)C(=O)OCC#CC1(O)CCCCC1. The maximum Gasteiger partial charge on any atom is 0.312 e. The average Bonchev–Trinajstić information content (AvgIpc) is 2.24. The monoisotopic (exact) mass is 238 g/mol. The van der Waals surface area contributed by atoms with Gasteiger partial charge >= 0.3 is 5.97 Å². The second-order valence-electron chi connectivity index (χ2n) is 5.72. The van der Waals surface area contributed by atoms with Crippen molar-refractivity contribution in [1.29, 1.82) is 0 Å². The highest BCUT2D eigenvalue weighted by Crippen LogP contribution is 2.27. The molecule has 0 aliphatic heterocycles. The Morgan fingerprint density at radius 2 is 1.88 bits per heavy atom. The molecule has 1 fully saturated rings. The first-order valence-electron chi connectivity index (χ1n) is 6.23. The van der Waals surface area contributed by atoms with Crippen LogP contribution in [0.5, 0.6) is 0 Å². The maximum absolute atomic E-state index is 11.4. The van der Waals surface area contributed by atoms with Crippen LogP contribution in [0.25, 0.3) is 0 Å². The van der Waals surface area contributed by atoms with Crippen molar-refractivity contribution in [3.05, 3.63) is 0 Å². The second kappa shape index (κ2) is 5.55. The molecule has 0 unspecified atom stereocenters. The lowest BCUT2D eigenvalue weighted by Gasteiger charge is -2.26. The molecular formula is C14H22O3. The Hall–Kier alpha value is -1.01. The molecule has 1 saturated carbocycles. The third-order valence-corrected chi connectivity index (χ3v) is 2.89. The molecule has 1 N–H and O–H groups in total. The van der Waals surface area contributed by atoms with E-state index in [1.54, 1.807) is 20.8 Å². The van der Waals surface area contributed by atoms with Crippen LogP contribution in [0.3, 0.4) is 0 Å². The van der Waals surface area contributed by atoms with Crippen LogP contribution in [0.15, 0.2) is 0 Å². The van der Waals surface area contributed by atoms with Gasteiger partial charge in [0.05, 0.1) is 5.41 Å². The van der Waals surface area contributed by atoms with E-state index in [4.69, 9.17) is 4.74 Å². The summed E-state index contributed by atoms with van der Waals surface area (Å²) in [7, 11) is 0. The minimum Gasteiger partial charge on any atom is -0.452 e. The molecule has 17 heavy (non-hydrogen) atoms. The predicted octanol–water partition coefficient (Wildman–Crippen LogP) is 2.27. The van der Waals surface area contributed by atoms with Crippen LogP contribution in [0, 0.1) is 17.3 Å². The molecule has 0 amide bonds. The summed E-state index contributed by atoms with van der Waals surface area (Å²) in [4.78, 5) is 11.4. The number of rotatable bonds is 1.